The first-order valence-electron chi connectivity index (χ1n) is 2.87. The van der Waals surface area contributed by atoms with Gasteiger partial charge >= 0.3 is 0 Å². The molecule has 2 unspecified atom stereocenters. The van der Waals surface area contributed by atoms with Crippen molar-refractivity contribution >= 4 is 0 Å². The summed E-state index contributed by atoms with van der Waals surface area (Å²) in [5.41, 5.74) is 0. The van der Waals surface area contributed by atoms with Crippen molar-refractivity contribution in [1.29, 1.82) is 0 Å². The molecule has 48 valence electrons. The molecule has 1 saturated heterocycles. The van der Waals surface area contributed by atoms with E-state index < -0.39 is 0 Å². The summed E-state index contributed by atoms with van der Waals surface area (Å²) in [6.45, 7) is 2.01. The summed E-state index contributed by atoms with van der Waals surface area (Å²) in [6.07, 6.45) is 3.63. The van der Waals surface area contributed by atoms with E-state index >= 15 is 0 Å². The molecule has 1 aromatic heterocycles. The molecule has 4 heteroatoms. The van der Waals surface area contributed by atoms with E-state index in [0.29, 0.717) is 6.10 Å². The van der Waals surface area contributed by atoms with Crippen LogP contribution >= 0.6 is 0 Å². The van der Waals surface area contributed by atoms with Crippen molar-refractivity contribution in [3.63, 3.8) is 0 Å². The van der Waals surface area contributed by atoms with Crippen molar-refractivity contribution in [2.24, 2.45) is 0 Å². The van der Waals surface area contributed by atoms with Gasteiger partial charge in [-0.2, -0.15) is 5.10 Å². The Balaban J connectivity index is 2.18. The topological polar surface area (TPSA) is 43.2 Å². The highest BCUT2D eigenvalue weighted by atomic mass is 16.6. The normalized spacial score (nSPS) is 32.6. The molecule has 1 aromatic rings. The highest BCUT2D eigenvalue weighted by Gasteiger charge is 2.36. The van der Waals surface area contributed by atoms with Crippen LogP contribution in [-0.2, 0) is 4.74 Å². The maximum absolute atomic E-state index is 5.12. The van der Waals surface area contributed by atoms with Crippen LogP contribution in [0, 0.1) is 0 Å². The third-order valence-corrected chi connectivity index (χ3v) is 1.38. The van der Waals surface area contributed by atoms with Gasteiger partial charge in [0.2, 0.25) is 0 Å². The average molecular weight is 125 g/mol. The summed E-state index contributed by atoms with van der Waals surface area (Å²) in [5, 5.41) is 3.91. The van der Waals surface area contributed by atoms with Crippen LogP contribution in [-0.4, -0.2) is 20.9 Å². The smallest absolute Gasteiger partial charge is 0.178 e. The Morgan fingerprint density at radius 2 is 2.44 bits per heavy atom. The molecule has 0 aliphatic carbocycles. The molecule has 4 nitrogen and oxygen atoms in total. The third-order valence-electron chi connectivity index (χ3n) is 1.38. The molecule has 1 fully saturated rings. The fraction of sp³-hybridized carbons (Fsp3) is 0.600. The van der Waals surface area contributed by atoms with Crippen molar-refractivity contribution < 1.29 is 4.74 Å². The number of ether oxygens (including phenoxy) is 1. The molecule has 0 radical (unpaired) electrons. The molecular weight excluding hydrogens is 118 g/mol. The predicted octanol–water partition coefficient (Wildman–Crippen LogP) is 0.195. The van der Waals surface area contributed by atoms with Gasteiger partial charge in [-0.15, -0.1) is 0 Å². The molecule has 0 spiro atoms. The van der Waals surface area contributed by atoms with Crippen molar-refractivity contribution in [3.8, 4) is 0 Å². The van der Waals surface area contributed by atoms with Crippen molar-refractivity contribution in [3.05, 3.63) is 12.7 Å². The SMILES string of the molecule is CC1OC1n1cncn1. The van der Waals surface area contributed by atoms with Gasteiger partial charge < -0.3 is 4.74 Å². The summed E-state index contributed by atoms with van der Waals surface area (Å²) in [7, 11) is 0. The number of hydrogen-bond acceptors (Lipinski definition) is 3. The maximum Gasteiger partial charge on any atom is 0.178 e. The lowest BCUT2D eigenvalue weighted by Gasteiger charge is -1.87. The Morgan fingerprint density at radius 1 is 1.67 bits per heavy atom. The van der Waals surface area contributed by atoms with Gasteiger partial charge in [0.25, 0.3) is 0 Å². The minimum absolute atomic E-state index is 0.146. The van der Waals surface area contributed by atoms with E-state index in [-0.39, 0.29) is 6.23 Å². The first kappa shape index (κ1) is 4.93. The predicted molar refractivity (Wildman–Crippen MR) is 29.6 cm³/mol. The Kier molecular flexibility index (Phi) is 0.843. The van der Waals surface area contributed by atoms with E-state index in [0.717, 1.165) is 0 Å². The molecule has 1 aliphatic heterocycles. The van der Waals surface area contributed by atoms with Gasteiger partial charge in [-0.1, -0.05) is 0 Å². The molecule has 0 bridgehead atoms. The van der Waals surface area contributed by atoms with Crippen LogP contribution in [0.3, 0.4) is 0 Å². The summed E-state index contributed by atoms with van der Waals surface area (Å²) < 4.78 is 6.83. The highest BCUT2D eigenvalue weighted by molar-refractivity contribution is 4.76. The molecule has 2 heterocycles. The number of rotatable bonds is 1. The third kappa shape index (κ3) is 0.712. The second-order valence-electron chi connectivity index (χ2n) is 2.11. The van der Waals surface area contributed by atoms with E-state index in [4.69, 9.17) is 4.74 Å². The standard InChI is InChI=1S/C5H7N3O/c1-4-5(9-4)8-3-6-2-7-8/h2-5H,1H3. The fourth-order valence-electron chi connectivity index (χ4n) is 0.801. The number of nitrogens with zero attached hydrogens (tertiary/aromatic N) is 3. The zero-order valence-corrected chi connectivity index (χ0v) is 5.06. The summed E-state index contributed by atoms with van der Waals surface area (Å²) >= 11 is 0. The molecule has 0 saturated carbocycles. The van der Waals surface area contributed by atoms with Gasteiger partial charge in [-0.3, -0.25) is 0 Å². The van der Waals surface area contributed by atoms with Crippen molar-refractivity contribution in [2.45, 2.75) is 19.3 Å². The molecule has 2 atom stereocenters. The lowest BCUT2D eigenvalue weighted by Crippen LogP contribution is -1.96. The quantitative estimate of drug-likeness (QED) is 0.503. The maximum atomic E-state index is 5.12. The Labute approximate surface area is 52.5 Å². The molecule has 9 heavy (non-hydrogen) atoms. The van der Waals surface area contributed by atoms with Crippen LogP contribution in [0.15, 0.2) is 12.7 Å². The number of aromatic nitrogens is 3. The van der Waals surface area contributed by atoms with E-state index in [1.54, 1.807) is 11.0 Å². The molecule has 0 aromatic carbocycles. The molecular formula is C5H7N3O. The Morgan fingerprint density at radius 3 is 2.89 bits per heavy atom. The molecule has 0 N–H and O–H groups in total. The van der Waals surface area contributed by atoms with Crippen LogP contribution in [0.2, 0.25) is 0 Å². The van der Waals surface area contributed by atoms with Crippen LogP contribution in [0.4, 0.5) is 0 Å². The summed E-state index contributed by atoms with van der Waals surface area (Å²) in [5.74, 6) is 0. The highest BCUT2D eigenvalue weighted by Crippen LogP contribution is 2.31. The van der Waals surface area contributed by atoms with Gasteiger partial charge in [0.05, 0.1) is 0 Å². The number of hydrogen-bond donors (Lipinski definition) is 0. The summed E-state index contributed by atoms with van der Waals surface area (Å²) in [4.78, 5) is 3.79. The van der Waals surface area contributed by atoms with Gasteiger partial charge in [0.15, 0.2) is 6.23 Å². The van der Waals surface area contributed by atoms with Gasteiger partial charge in [0, 0.05) is 0 Å². The van der Waals surface area contributed by atoms with Gasteiger partial charge in [-0.05, 0) is 6.92 Å². The first-order chi connectivity index (χ1) is 4.38. The average Bonchev–Trinajstić information content (AvgIpc) is 2.44. The zero-order chi connectivity index (χ0) is 6.27. The lowest BCUT2D eigenvalue weighted by molar-refractivity contribution is 0.322. The van der Waals surface area contributed by atoms with Crippen molar-refractivity contribution in [2.75, 3.05) is 0 Å². The van der Waals surface area contributed by atoms with Gasteiger partial charge in [0.1, 0.15) is 18.8 Å². The van der Waals surface area contributed by atoms with Crippen LogP contribution in [0.25, 0.3) is 0 Å². The molecule has 0 amide bonds. The second-order valence-corrected chi connectivity index (χ2v) is 2.11. The van der Waals surface area contributed by atoms with Crippen LogP contribution in [0.5, 0.6) is 0 Å². The second kappa shape index (κ2) is 1.54. The molecule has 1 aliphatic rings. The Bertz CT molecular complexity index is 196. The van der Waals surface area contributed by atoms with Crippen molar-refractivity contribution in [1.82, 2.24) is 14.8 Å². The van der Waals surface area contributed by atoms with E-state index in [1.165, 1.54) is 6.33 Å². The van der Waals surface area contributed by atoms with Crippen LogP contribution in [0.1, 0.15) is 13.2 Å². The first-order valence-corrected chi connectivity index (χ1v) is 2.87. The minimum atomic E-state index is 0.146. The van der Waals surface area contributed by atoms with Gasteiger partial charge in [-0.25, -0.2) is 9.67 Å². The monoisotopic (exact) mass is 125 g/mol. The van der Waals surface area contributed by atoms with Crippen LogP contribution < -0.4 is 0 Å². The Hall–Kier alpha value is -0.900. The fourth-order valence-corrected chi connectivity index (χ4v) is 0.801. The van der Waals surface area contributed by atoms with E-state index in [2.05, 4.69) is 10.1 Å². The minimum Gasteiger partial charge on any atom is -0.346 e. The van der Waals surface area contributed by atoms with E-state index in [1.807, 2.05) is 6.92 Å². The largest absolute Gasteiger partial charge is 0.346 e. The number of epoxide rings is 1. The lowest BCUT2D eigenvalue weighted by atomic mass is 10.5. The summed E-state index contributed by atoms with van der Waals surface area (Å²) in [6, 6.07) is 0. The molecule has 2 rings (SSSR count). The zero-order valence-electron chi connectivity index (χ0n) is 5.06. The van der Waals surface area contributed by atoms with E-state index in [9.17, 15) is 0 Å².